The molecule has 0 amide bonds. The maximum Gasteiger partial charge on any atom is 0.433 e. The molecule has 3 rings (SSSR count). The van der Waals surface area contributed by atoms with Gasteiger partial charge in [-0.3, -0.25) is 5.10 Å². The van der Waals surface area contributed by atoms with Gasteiger partial charge in [-0.15, -0.1) is 0 Å². The quantitative estimate of drug-likeness (QED) is 0.764. The number of aromatic nitrogens is 3. The molecular formula is C18H15F3N4. The molecule has 0 aliphatic rings. The molecule has 4 nitrogen and oxygen atoms in total. The van der Waals surface area contributed by atoms with Crippen molar-refractivity contribution < 1.29 is 13.2 Å². The van der Waals surface area contributed by atoms with Crippen LogP contribution in [0.15, 0.2) is 36.5 Å². The van der Waals surface area contributed by atoms with Gasteiger partial charge in [0.05, 0.1) is 24.4 Å². The Morgan fingerprint density at radius 3 is 2.48 bits per heavy atom. The number of H-pyrrole nitrogens is 1. The molecule has 25 heavy (non-hydrogen) atoms. The minimum absolute atomic E-state index is 0.0826. The van der Waals surface area contributed by atoms with E-state index in [-0.39, 0.29) is 12.1 Å². The highest BCUT2D eigenvalue weighted by Crippen LogP contribution is 2.32. The van der Waals surface area contributed by atoms with E-state index in [1.165, 1.54) is 6.20 Å². The smallest absolute Gasteiger partial charge is 0.344 e. The van der Waals surface area contributed by atoms with Gasteiger partial charge in [-0.25, -0.2) is 0 Å². The van der Waals surface area contributed by atoms with Gasteiger partial charge < -0.3 is 4.57 Å². The molecule has 0 saturated carbocycles. The maximum atomic E-state index is 13.0. The predicted octanol–water partition coefficient (Wildman–Crippen LogP) is 4.43. The number of aromatic amines is 1. The number of nitriles is 1. The van der Waals surface area contributed by atoms with Crippen LogP contribution >= 0.6 is 0 Å². The second-order valence-corrected chi connectivity index (χ2v) is 5.83. The van der Waals surface area contributed by atoms with E-state index in [0.717, 1.165) is 22.5 Å². The number of halogens is 3. The number of rotatable bonds is 3. The molecule has 0 saturated heterocycles. The van der Waals surface area contributed by atoms with Crippen molar-refractivity contribution in [2.75, 3.05) is 0 Å². The van der Waals surface area contributed by atoms with Crippen LogP contribution in [-0.4, -0.2) is 14.8 Å². The Morgan fingerprint density at radius 1 is 1.20 bits per heavy atom. The summed E-state index contributed by atoms with van der Waals surface area (Å²) >= 11 is 0. The van der Waals surface area contributed by atoms with Crippen molar-refractivity contribution in [3.63, 3.8) is 0 Å². The van der Waals surface area contributed by atoms with E-state index in [1.54, 1.807) is 12.1 Å². The number of nitrogens with zero attached hydrogens (tertiary/aromatic N) is 3. The summed E-state index contributed by atoms with van der Waals surface area (Å²) in [6, 6.07) is 11.1. The predicted molar refractivity (Wildman–Crippen MR) is 86.7 cm³/mol. The number of hydrogen-bond acceptors (Lipinski definition) is 2. The van der Waals surface area contributed by atoms with Crippen molar-refractivity contribution in [3.8, 4) is 17.2 Å². The second kappa shape index (κ2) is 6.13. The molecule has 0 aliphatic carbocycles. The van der Waals surface area contributed by atoms with Crippen LogP contribution in [0.2, 0.25) is 0 Å². The van der Waals surface area contributed by atoms with Crippen LogP contribution in [0.25, 0.3) is 11.1 Å². The molecule has 0 fully saturated rings. The Balaban J connectivity index is 1.98. The molecule has 0 radical (unpaired) electrons. The van der Waals surface area contributed by atoms with Gasteiger partial charge in [0.15, 0.2) is 0 Å². The normalized spacial score (nSPS) is 11.5. The van der Waals surface area contributed by atoms with Crippen molar-refractivity contribution >= 4 is 0 Å². The van der Waals surface area contributed by atoms with Gasteiger partial charge >= 0.3 is 6.18 Å². The van der Waals surface area contributed by atoms with Crippen LogP contribution < -0.4 is 0 Å². The summed E-state index contributed by atoms with van der Waals surface area (Å²) in [6.45, 7) is 3.81. The minimum atomic E-state index is -4.46. The second-order valence-electron chi connectivity index (χ2n) is 5.83. The molecule has 0 spiro atoms. The summed E-state index contributed by atoms with van der Waals surface area (Å²) in [7, 11) is 0. The first kappa shape index (κ1) is 16.8. The summed E-state index contributed by atoms with van der Waals surface area (Å²) < 4.78 is 40.9. The lowest BCUT2D eigenvalue weighted by molar-refractivity contribution is -0.141. The van der Waals surface area contributed by atoms with E-state index >= 15 is 0 Å². The largest absolute Gasteiger partial charge is 0.433 e. The number of alkyl halides is 3. The van der Waals surface area contributed by atoms with Crippen molar-refractivity contribution in [2.45, 2.75) is 26.6 Å². The number of aryl methyl sites for hydroxylation is 1. The van der Waals surface area contributed by atoms with Crippen LogP contribution in [0.1, 0.15) is 28.2 Å². The Hall–Kier alpha value is -3.01. The standard InChI is InChI=1S/C18H15F3N4/c1-11-7-16(14-5-3-13(8-22)4-6-14)12(2)25(11)10-15-9-23-24-17(15)18(19,20)21/h3-7,9H,10H2,1-2H3,(H,23,24). The van der Waals surface area contributed by atoms with E-state index in [2.05, 4.69) is 11.2 Å². The lowest BCUT2D eigenvalue weighted by atomic mass is 10.0. The van der Waals surface area contributed by atoms with E-state index in [1.807, 2.05) is 41.7 Å². The Morgan fingerprint density at radius 2 is 1.88 bits per heavy atom. The summed E-state index contributed by atoms with van der Waals surface area (Å²) in [5, 5.41) is 14.5. The van der Waals surface area contributed by atoms with Gasteiger partial charge in [0.2, 0.25) is 0 Å². The highest BCUT2D eigenvalue weighted by atomic mass is 19.4. The minimum Gasteiger partial charge on any atom is -0.344 e. The topological polar surface area (TPSA) is 57.4 Å². The number of benzene rings is 1. The van der Waals surface area contributed by atoms with Crippen molar-refractivity contribution in [2.24, 2.45) is 0 Å². The van der Waals surface area contributed by atoms with Crippen molar-refractivity contribution in [1.29, 1.82) is 5.26 Å². The van der Waals surface area contributed by atoms with Crippen LogP contribution in [0.5, 0.6) is 0 Å². The summed E-state index contributed by atoms with van der Waals surface area (Å²) in [4.78, 5) is 0. The van der Waals surface area contributed by atoms with E-state index in [9.17, 15) is 13.2 Å². The number of hydrogen-bond donors (Lipinski definition) is 1. The van der Waals surface area contributed by atoms with Gasteiger partial charge in [0, 0.05) is 22.5 Å². The molecular weight excluding hydrogens is 329 g/mol. The molecule has 3 aromatic rings. The third kappa shape index (κ3) is 3.15. The highest BCUT2D eigenvalue weighted by Gasteiger charge is 2.35. The van der Waals surface area contributed by atoms with Crippen LogP contribution in [-0.2, 0) is 12.7 Å². The van der Waals surface area contributed by atoms with Gasteiger partial charge in [-0.05, 0) is 37.6 Å². The van der Waals surface area contributed by atoms with E-state index < -0.39 is 11.9 Å². The fourth-order valence-corrected chi connectivity index (χ4v) is 2.91. The summed E-state index contributed by atoms with van der Waals surface area (Å²) in [6.07, 6.45) is -3.25. The van der Waals surface area contributed by atoms with Crippen molar-refractivity contribution in [1.82, 2.24) is 14.8 Å². The SMILES string of the molecule is Cc1cc(-c2ccc(C#N)cc2)c(C)n1Cc1cn[nH]c1C(F)(F)F. The summed E-state index contributed by atoms with van der Waals surface area (Å²) in [5.74, 6) is 0. The first-order valence-corrected chi connectivity index (χ1v) is 7.58. The fourth-order valence-electron chi connectivity index (χ4n) is 2.91. The Labute approximate surface area is 142 Å². The third-order valence-electron chi connectivity index (χ3n) is 4.23. The molecule has 2 heterocycles. The number of nitrogens with one attached hydrogen (secondary N) is 1. The Bertz CT molecular complexity index is 940. The average Bonchev–Trinajstić information content (AvgIpc) is 3.15. The fraction of sp³-hybridized carbons (Fsp3) is 0.222. The molecule has 0 aliphatic heterocycles. The first-order valence-electron chi connectivity index (χ1n) is 7.58. The zero-order valence-electron chi connectivity index (χ0n) is 13.6. The molecule has 0 bridgehead atoms. The molecule has 0 unspecified atom stereocenters. The van der Waals surface area contributed by atoms with Gasteiger partial charge in [0.1, 0.15) is 5.69 Å². The third-order valence-corrected chi connectivity index (χ3v) is 4.23. The average molecular weight is 344 g/mol. The first-order chi connectivity index (χ1) is 11.8. The van der Waals surface area contributed by atoms with Gasteiger partial charge in [-0.2, -0.15) is 23.5 Å². The molecule has 7 heteroatoms. The van der Waals surface area contributed by atoms with Gasteiger partial charge in [0.25, 0.3) is 0 Å². The highest BCUT2D eigenvalue weighted by molar-refractivity contribution is 5.68. The maximum absolute atomic E-state index is 13.0. The molecule has 0 atom stereocenters. The van der Waals surface area contributed by atoms with Crippen LogP contribution in [0.3, 0.4) is 0 Å². The van der Waals surface area contributed by atoms with E-state index in [0.29, 0.717) is 5.56 Å². The van der Waals surface area contributed by atoms with Crippen molar-refractivity contribution in [3.05, 3.63) is 64.7 Å². The van der Waals surface area contributed by atoms with E-state index in [4.69, 9.17) is 5.26 Å². The lowest BCUT2D eigenvalue weighted by Crippen LogP contribution is -2.12. The van der Waals surface area contributed by atoms with Crippen LogP contribution in [0, 0.1) is 25.2 Å². The molecule has 1 N–H and O–H groups in total. The monoisotopic (exact) mass is 344 g/mol. The zero-order valence-corrected chi connectivity index (χ0v) is 13.6. The van der Waals surface area contributed by atoms with Crippen LogP contribution in [0.4, 0.5) is 13.2 Å². The molecule has 1 aromatic carbocycles. The summed E-state index contributed by atoms with van der Waals surface area (Å²) in [5.41, 5.74) is 3.40. The molecule has 128 valence electrons. The lowest BCUT2D eigenvalue weighted by Gasteiger charge is -2.12. The van der Waals surface area contributed by atoms with Gasteiger partial charge in [-0.1, -0.05) is 12.1 Å². The Kier molecular flexibility index (Phi) is 4.13. The zero-order chi connectivity index (χ0) is 18.2. The molecule has 2 aromatic heterocycles.